The molecule has 2 saturated heterocycles. The first kappa shape index (κ1) is 13.8. The number of hydrogen-bond acceptors (Lipinski definition) is 4. The summed E-state index contributed by atoms with van der Waals surface area (Å²) in [5, 5.41) is 3.27. The van der Waals surface area contributed by atoms with Crippen LogP contribution in [-0.2, 0) is 9.53 Å². The van der Waals surface area contributed by atoms with E-state index >= 15 is 0 Å². The zero-order valence-electron chi connectivity index (χ0n) is 11.4. The summed E-state index contributed by atoms with van der Waals surface area (Å²) in [6.07, 6.45) is 1.75. The van der Waals surface area contributed by atoms with Crippen molar-refractivity contribution in [3.8, 4) is 0 Å². The Morgan fingerprint density at radius 1 is 1.33 bits per heavy atom. The molecule has 5 heteroatoms. The summed E-state index contributed by atoms with van der Waals surface area (Å²) in [5.41, 5.74) is 0. The molecule has 0 aromatic rings. The van der Waals surface area contributed by atoms with E-state index in [1.54, 1.807) is 0 Å². The van der Waals surface area contributed by atoms with Gasteiger partial charge >= 0.3 is 0 Å². The fraction of sp³-hybridized carbons (Fsp3) is 0.923. The third-order valence-corrected chi connectivity index (χ3v) is 3.90. The molecule has 0 aromatic carbocycles. The lowest BCUT2D eigenvalue weighted by Crippen LogP contribution is -2.49. The van der Waals surface area contributed by atoms with Crippen molar-refractivity contribution in [1.82, 2.24) is 15.1 Å². The molecule has 104 valence electrons. The molecule has 2 heterocycles. The van der Waals surface area contributed by atoms with Crippen LogP contribution in [0, 0.1) is 0 Å². The van der Waals surface area contributed by atoms with Crippen LogP contribution in [0.1, 0.15) is 19.8 Å². The minimum absolute atomic E-state index is 0.304. The van der Waals surface area contributed by atoms with Gasteiger partial charge in [-0.05, 0) is 6.42 Å². The Balaban J connectivity index is 1.73. The van der Waals surface area contributed by atoms with Gasteiger partial charge in [-0.25, -0.2) is 0 Å². The molecule has 0 radical (unpaired) electrons. The van der Waals surface area contributed by atoms with Gasteiger partial charge in [0.2, 0.25) is 5.91 Å². The maximum Gasteiger partial charge on any atom is 0.223 e. The van der Waals surface area contributed by atoms with Crippen molar-refractivity contribution in [2.75, 3.05) is 52.5 Å². The van der Waals surface area contributed by atoms with Crippen LogP contribution in [0.15, 0.2) is 0 Å². The number of carbonyl (C=O) groups is 1. The van der Waals surface area contributed by atoms with Gasteiger partial charge in [0, 0.05) is 51.7 Å². The Kier molecular flexibility index (Phi) is 5.41. The highest BCUT2D eigenvalue weighted by molar-refractivity contribution is 5.76. The summed E-state index contributed by atoms with van der Waals surface area (Å²) in [6.45, 7) is 9.24. The summed E-state index contributed by atoms with van der Waals surface area (Å²) < 4.78 is 5.48. The van der Waals surface area contributed by atoms with E-state index in [2.05, 4.69) is 17.1 Å². The Morgan fingerprint density at radius 3 is 2.83 bits per heavy atom. The first-order chi connectivity index (χ1) is 8.81. The number of amides is 1. The fourth-order valence-corrected chi connectivity index (χ4v) is 2.67. The van der Waals surface area contributed by atoms with Crippen molar-refractivity contribution in [2.24, 2.45) is 0 Å². The molecule has 2 rings (SSSR count). The van der Waals surface area contributed by atoms with Gasteiger partial charge in [0.15, 0.2) is 0 Å². The summed E-state index contributed by atoms with van der Waals surface area (Å²) in [6, 6.07) is 0.495. The average Bonchev–Trinajstić information content (AvgIpc) is 2.46. The third kappa shape index (κ3) is 3.67. The predicted molar refractivity (Wildman–Crippen MR) is 70.5 cm³/mol. The molecule has 18 heavy (non-hydrogen) atoms. The van der Waals surface area contributed by atoms with Gasteiger partial charge in [0.25, 0.3) is 0 Å². The van der Waals surface area contributed by atoms with Crippen LogP contribution in [-0.4, -0.2) is 74.2 Å². The topological polar surface area (TPSA) is 44.8 Å². The molecule has 0 spiro atoms. The predicted octanol–water partition coefficient (Wildman–Crippen LogP) is -0.0809. The van der Waals surface area contributed by atoms with Crippen LogP contribution in [0.25, 0.3) is 0 Å². The van der Waals surface area contributed by atoms with Crippen molar-refractivity contribution in [3.63, 3.8) is 0 Å². The smallest absolute Gasteiger partial charge is 0.223 e. The molecule has 1 atom stereocenters. The summed E-state index contributed by atoms with van der Waals surface area (Å²) in [5.74, 6) is 0.304. The van der Waals surface area contributed by atoms with Gasteiger partial charge in [-0.3, -0.25) is 9.69 Å². The Labute approximate surface area is 109 Å². The second-order valence-corrected chi connectivity index (χ2v) is 5.05. The van der Waals surface area contributed by atoms with Crippen molar-refractivity contribution >= 4 is 5.91 Å². The molecule has 0 bridgehead atoms. The molecule has 0 aromatic heterocycles. The summed E-state index contributed by atoms with van der Waals surface area (Å²) >= 11 is 0. The third-order valence-electron chi connectivity index (χ3n) is 3.90. The molecular formula is C13H25N3O2. The Morgan fingerprint density at radius 2 is 2.11 bits per heavy atom. The van der Waals surface area contributed by atoms with Crippen LogP contribution in [0.4, 0.5) is 0 Å². The summed E-state index contributed by atoms with van der Waals surface area (Å²) in [7, 11) is 0. The lowest BCUT2D eigenvalue weighted by Gasteiger charge is -2.35. The largest absolute Gasteiger partial charge is 0.378 e. The van der Waals surface area contributed by atoms with Crippen molar-refractivity contribution in [3.05, 3.63) is 0 Å². The van der Waals surface area contributed by atoms with E-state index in [1.807, 2.05) is 4.90 Å². The van der Waals surface area contributed by atoms with Crippen LogP contribution in [0.3, 0.4) is 0 Å². The van der Waals surface area contributed by atoms with E-state index < -0.39 is 0 Å². The highest BCUT2D eigenvalue weighted by Gasteiger charge is 2.23. The highest BCUT2D eigenvalue weighted by atomic mass is 16.5. The second kappa shape index (κ2) is 7.07. The number of rotatable bonds is 4. The maximum absolute atomic E-state index is 12.1. The first-order valence-corrected chi connectivity index (χ1v) is 7.11. The second-order valence-electron chi connectivity index (χ2n) is 5.05. The first-order valence-electron chi connectivity index (χ1n) is 7.11. The van der Waals surface area contributed by atoms with E-state index in [9.17, 15) is 4.79 Å². The van der Waals surface area contributed by atoms with E-state index in [4.69, 9.17) is 4.74 Å². The molecule has 1 unspecified atom stereocenters. The van der Waals surface area contributed by atoms with E-state index in [0.29, 0.717) is 18.4 Å². The zero-order valence-corrected chi connectivity index (χ0v) is 11.4. The molecule has 2 fully saturated rings. The quantitative estimate of drug-likeness (QED) is 0.763. The average molecular weight is 255 g/mol. The monoisotopic (exact) mass is 255 g/mol. The molecule has 1 N–H and O–H groups in total. The molecule has 2 aliphatic heterocycles. The van der Waals surface area contributed by atoms with Gasteiger partial charge in [-0.1, -0.05) is 6.92 Å². The lowest BCUT2D eigenvalue weighted by atomic mass is 10.1. The van der Waals surface area contributed by atoms with Gasteiger partial charge in [0.05, 0.1) is 13.2 Å². The van der Waals surface area contributed by atoms with Gasteiger partial charge in [-0.2, -0.15) is 0 Å². The van der Waals surface area contributed by atoms with Crippen LogP contribution in [0.5, 0.6) is 0 Å². The lowest BCUT2D eigenvalue weighted by molar-refractivity contribution is -0.132. The number of hydrogen-bond donors (Lipinski definition) is 1. The van der Waals surface area contributed by atoms with Crippen LogP contribution < -0.4 is 5.32 Å². The Hall–Kier alpha value is -0.650. The molecule has 0 aliphatic carbocycles. The van der Waals surface area contributed by atoms with Gasteiger partial charge in [0.1, 0.15) is 0 Å². The normalized spacial score (nSPS) is 26.3. The van der Waals surface area contributed by atoms with E-state index in [1.165, 1.54) is 0 Å². The van der Waals surface area contributed by atoms with Crippen molar-refractivity contribution < 1.29 is 9.53 Å². The summed E-state index contributed by atoms with van der Waals surface area (Å²) in [4.78, 5) is 16.5. The molecule has 5 nitrogen and oxygen atoms in total. The molecule has 0 saturated carbocycles. The number of carbonyl (C=O) groups excluding carboxylic acids is 1. The van der Waals surface area contributed by atoms with Crippen LogP contribution >= 0.6 is 0 Å². The number of nitrogens with zero attached hydrogens (tertiary/aromatic N) is 2. The fourth-order valence-electron chi connectivity index (χ4n) is 2.67. The molecular weight excluding hydrogens is 230 g/mol. The number of ether oxygens (including phenoxy) is 1. The Bertz CT molecular complexity index is 267. The van der Waals surface area contributed by atoms with Crippen molar-refractivity contribution in [2.45, 2.75) is 25.8 Å². The molecule has 1 amide bonds. The minimum Gasteiger partial charge on any atom is -0.378 e. The standard InChI is InChI=1S/C13H25N3O2/c1-2-12-11-18-10-9-15(12)6-3-13(17)16-7-4-14-5-8-16/h12,14H,2-11H2,1H3. The van der Waals surface area contributed by atoms with Crippen molar-refractivity contribution in [1.29, 1.82) is 0 Å². The SMILES string of the molecule is CCC1COCCN1CCC(=O)N1CCNCC1. The van der Waals surface area contributed by atoms with Gasteiger partial charge < -0.3 is 15.0 Å². The van der Waals surface area contributed by atoms with E-state index in [-0.39, 0.29) is 0 Å². The van der Waals surface area contributed by atoms with Crippen LogP contribution in [0.2, 0.25) is 0 Å². The molecule has 2 aliphatic rings. The highest BCUT2D eigenvalue weighted by Crippen LogP contribution is 2.11. The zero-order chi connectivity index (χ0) is 12.8. The number of morpholine rings is 1. The maximum atomic E-state index is 12.1. The minimum atomic E-state index is 0.304. The number of nitrogens with one attached hydrogen (secondary N) is 1. The van der Waals surface area contributed by atoms with Gasteiger partial charge in [-0.15, -0.1) is 0 Å². The van der Waals surface area contributed by atoms with E-state index in [0.717, 1.165) is 58.9 Å². The number of piperazine rings is 1.